The van der Waals surface area contributed by atoms with E-state index in [1.54, 1.807) is 0 Å². The second kappa shape index (κ2) is 5.46. The van der Waals surface area contributed by atoms with E-state index < -0.39 is 0 Å². The lowest BCUT2D eigenvalue weighted by atomic mass is 9.91. The second-order valence-electron chi connectivity index (χ2n) is 4.39. The third-order valence-electron chi connectivity index (χ3n) is 3.27. The number of aryl methyl sites for hydroxylation is 1. The van der Waals surface area contributed by atoms with Gasteiger partial charge in [0.2, 0.25) is 0 Å². The van der Waals surface area contributed by atoms with E-state index in [1.165, 1.54) is 18.5 Å². The van der Waals surface area contributed by atoms with Crippen LogP contribution in [0.4, 0.5) is 0 Å². The minimum Gasteiger partial charge on any atom is -0.381 e. The van der Waals surface area contributed by atoms with Crippen molar-refractivity contribution < 1.29 is 4.74 Å². The molecule has 2 unspecified atom stereocenters. The number of nitrogens with zero attached hydrogens (tertiary/aromatic N) is 2. The van der Waals surface area contributed by atoms with Gasteiger partial charge in [-0.05, 0) is 25.5 Å². The fraction of sp³-hybridized carbons (Fsp3) is 0.750. The van der Waals surface area contributed by atoms with Crippen molar-refractivity contribution in [1.82, 2.24) is 15.1 Å². The highest BCUT2D eigenvalue weighted by Gasteiger charge is 2.26. The van der Waals surface area contributed by atoms with E-state index in [2.05, 4.69) is 23.4 Å². The van der Waals surface area contributed by atoms with E-state index in [0.717, 1.165) is 19.8 Å². The Morgan fingerprint density at radius 2 is 2.56 bits per heavy atom. The summed E-state index contributed by atoms with van der Waals surface area (Å²) in [7, 11) is 2.00. The molecule has 0 saturated carbocycles. The zero-order valence-corrected chi connectivity index (χ0v) is 10.1. The van der Waals surface area contributed by atoms with Crippen LogP contribution in [0.1, 0.15) is 31.5 Å². The van der Waals surface area contributed by atoms with Gasteiger partial charge in [-0.15, -0.1) is 0 Å². The first-order chi connectivity index (χ1) is 7.83. The van der Waals surface area contributed by atoms with Crippen LogP contribution in [0.5, 0.6) is 0 Å². The van der Waals surface area contributed by atoms with Crippen LogP contribution in [0, 0.1) is 5.92 Å². The fourth-order valence-corrected chi connectivity index (χ4v) is 2.45. The molecule has 2 atom stereocenters. The Labute approximate surface area is 97.0 Å². The normalized spacial score (nSPS) is 23.2. The summed E-state index contributed by atoms with van der Waals surface area (Å²) in [6.07, 6.45) is 4.27. The van der Waals surface area contributed by atoms with Crippen LogP contribution in [0.2, 0.25) is 0 Å². The second-order valence-corrected chi connectivity index (χ2v) is 4.39. The Morgan fingerprint density at radius 3 is 3.12 bits per heavy atom. The number of hydrogen-bond acceptors (Lipinski definition) is 3. The van der Waals surface area contributed by atoms with Crippen molar-refractivity contribution in [2.75, 3.05) is 19.8 Å². The summed E-state index contributed by atoms with van der Waals surface area (Å²) in [5.41, 5.74) is 1.26. The van der Waals surface area contributed by atoms with Gasteiger partial charge in [0, 0.05) is 25.8 Å². The molecule has 90 valence electrons. The summed E-state index contributed by atoms with van der Waals surface area (Å²) in [6.45, 7) is 4.91. The molecule has 1 aliphatic heterocycles. The van der Waals surface area contributed by atoms with Gasteiger partial charge in [0.15, 0.2) is 0 Å². The van der Waals surface area contributed by atoms with Crippen LogP contribution >= 0.6 is 0 Å². The van der Waals surface area contributed by atoms with Crippen molar-refractivity contribution in [2.45, 2.75) is 25.8 Å². The largest absolute Gasteiger partial charge is 0.381 e. The van der Waals surface area contributed by atoms with Gasteiger partial charge in [0.1, 0.15) is 0 Å². The van der Waals surface area contributed by atoms with Gasteiger partial charge < -0.3 is 10.1 Å². The molecular formula is C12H21N3O. The molecule has 1 saturated heterocycles. The first-order valence-corrected chi connectivity index (χ1v) is 6.12. The highest BCUT2D eigenvalue weighted by molar-refractivity contribution is 5.08. The quantitative estimate of drug-likeness (QED) is 0.840. The molecule has 2 rings (SSSR count). The Bertz CT molecular complexity index is 318. The van der Waals surface area contributed by atoms with E-state index in [1.807, 2.05) is 17.9 Å². The molecular weight excluding hydrogens is 202 g/mol. The number of rotatable bonds is 4. The zero-order chi connectivity index (χ0) is 11.4. The fourth-order valence-electron chi connectivity index (χ4n) is 2.45. The highest BCUT2D eigenvalue weighted by atomic mass is 16.5. The van der Waals surface area contributed by atoms with Gasteiger partial charge in [0.25, 0.3) is 0 Å². The van der Waals surface area contributed by atoms with Crippen molar-refractivity contribution in [3.63, 3.8) is 0 Å². The summed E-state index contributed by atoms with van der Waals surface area (Å²) in [6, 6.07) is 2.47. The molecule has 0 spiro atoms. The summed E-state index contributed by atoms with van der Waals surface area (Å²) < 4.78 is 7.54. The molecule has 0 amide bonds. The van der Waals surface area contributed by atoms with Crippen LogP contribution in [0.15, 0.2) is 12.3 Å². The number of hydrogen-bond donors (Lipinski definition) is 1. The number of ether oxygens (including phenoxy) is 1. The van der Waals surface area contributed by atoms with Crippen LogP contribution in [0.3, 0.4) is 0 Å². The molecule has 1 aromatic heterocycles. The Morgan fingerprint density at radius 1 is 1.69 bits per heavy atom. The first kappa shape index (κ1) is 11.6. The average Bonchev–Trinajstić information content (AvgIpc) is 2.73. The average molecular weight is 223 g/mol. The van der Waals surface area contributed by atoms with E-state index >= 15 is 0 Å². The molecule has 1 N–H and O–H groups in total. The summed E-state index contributed by atoms with van der Waals surface area (Å²) >= 11 is 0. The predicted molar refractivity (Wildman–Crippen MR) is 63.2 cm³/mol. The molecule has 1 fully saturated rings. The maximum Gasteiger partial charge on any atom is 0.0554 e. The lowest BCUT2D eigenvalue weighted by Crippen LogP contribution is -2.34. The van der Waals surface area contributed by atoms with Crippen LogP contribution < -0.4 is 5.32 Å². The maximum absolute atomic E-state index is 5.58. The summed E-state index contributed by atoms with van der Waals surface area (Å²) in [5.74, 6) is 0.573. The molecule has 16 heavy (non-hydrogen) atoms. The standard InChI is InChI=1S/C12H21N3O/c1-3-13-12(10-5-4-8-16-9-10)11-6-7-14-15(11)2/h6-7,10,12-13H,3-5,8-9H2,1-2H3. The van der Waals surface area contributed by atoms with Gasteiger partial charge in [-0.2, -0.15) is 5.10 Å². The molecule has 4 heteroatoms. The van der Waals surface area contributed by atoms with Crippen molar-refractivity contribution in [2.24, 2.45) is 13.0 Å². The molecule has 2 heterocycles. The van der Waals surface area contributed by atoms with E-state index in [-0.39, 0.29) is 0 Å². The number of nitrogens with one attached hydrogen (secondary N) is 1. The van der Waals surface area contributed by atoms with Crippen molar-refractivity contribution >= 4 is 0 Å². The topological polar surface area (TPSA) is 39.1 Å². The zero-order valence-electron chi connectivity index (χ0n) is 10.1. The van der Waals surface area contributed by atoms with Gasteiger partial charge in [0.05, 0.1) is 18.3 Å². The van der Waals surface area contributed by atoms with E-state index in [4.69, 9.17) is 4.74 Å². The third kappa shape index (κ3) is 2.44. The Kier molecular flexibility index (Phi) is 3.96. The van der Waals surface area contributed by atoms with Gasteiger partial charge >= 0.3 is 0 Å². The lowest BCUT2D eigenvalue weighted by molar-refractivity contribution is 0.0380. The van der Waals surface area contributed by atoms with Crippen molar-refractivity contribution in [3.05, 3.63) is 18.0 Å². The number of aromatic nitrogens is 2. The van der Waals surface area contributed by atoms with Gasteiger partial charge in [-0.3, -0.25) is 4.68 Å². The Balaban J connectivity index is 2.12. The molecule has 4 nitrogen and oxygen atoms in total. The molecule has 0 bridgehead atoms. The van der Waals surface area contributed by atoms with E-state index in [0.29, 0.717) is 12.0 Å². The Hall–Kier alpha value is -0.870. The molecule has 1 aliphatic rings. The first-order valence-electron chi connectivity index (χ1n) is 6.12. The molecule has 0 radical (unpaired) electrons. The minimum absolute atomic E-state index is 0.373. The van der Waals surface area contributed by atoms with Crippen LogP contribution in [-0.4, -0.2) is 29.5 Å². The van der Waals surface area contributed by atoms with E-state index in [9.17, 15) is 0 Å². The molecule has 0 aliphatic carbocycles. The molecule has 1 aromatic rings. The third-order valence-corrected chi connectivity index (χ3v) is 3.27. The SMILES string of the molecule is CCNC(c1ccnn1C)C1CCCOC1. The maximum atomic E-state index is 5.58. The monoisotopic (exact) mass is 223 g/mol. The predicted octanol–water partition coefficient (Wildman–Crippen LogP) is 1.50. The molecule has 0 aromatic carbocycles. The summed E-state index contributed by atoms with van der Waals surface area (Å²) in [4.78, 5) is 0. The van der Waals surface area contributed by atoms with Crippen molar-refractivity contribution in [1.29, 1.82) is 0 Å². The van der Waals surface area contributed by atoms with Crippen LogP contribution in [0.25, 0.3) is 0 Å². The van der Waals surface area contributed by atoms with Crippen molar-refractivity contribution in [3.8, 4) is 0 Å². The summed E-state index contributed by atoms with van der Waals surface area (Å²) in [5, 5.41) is 7.81. The van der Waals surface area contributed by atoms with Crippen LogP contribution in [-0.2, 0) is 11.8 Å². The van der Waals surface area contributed by atoms with Gasteiger partial charge in [-0.1, -0.05) is 6.92 Å². The minimum atomic E-state index is 0.373. The highest BCUT2D eigenvalue weighted by Crippen LogP contribution is 2.28. The lowest BCUT2D eigenvalue weighted by Gasteiger charge is -2.30. The smallest absolute Gasteiger partial charge is 0.0554 e. The van der Waals surface area contributed by atoms with Gasteiger partial charge in [-0.25, -0.2) is 0 Å².